The topological polar surface area (TPSA) is 85.6 Å². The minimum absolute atomic E-state index is 0.0280. The molecule has 0 unspecified atom stereocenters. The Morgan fingerprint density at radius 2 is 1.84 bits per heavy atom. The lowest BCUT2D eigenvalue weighted by Crippen LogP contribution is -2.24. The standard InChI is InChI=1S/C28H27ClN4O3S/c1-2-3-6-17-36-23-15-9-20(10-16-23)18-30-32-26(34)19-37-28-31-25-8-5-4-7-24(25)27(35)33(28)22-13-11-21(29)12-14-22/h4-5,7-16,18H,2-3,6,17,19H2,1H3,(H,32,34)/b30-18-. The summed E-state index contributed by atoms with van der Waals surface area (Å²) >= 11 is 7.19. The molecular formula is C28H27ClN4O3S. The summed E-state index contributed by atoms with van der Waals surface area (Å²) in [6.07, 6.45) is 4.91. The van der Waals surface area contributed by atoms with Gasteiger partial charge < -0.3 is 4.74 Å². The molecule has 1 heterocycles. The Balaban J connectivity index is 1.40. The second-order valence-electron chi connectivity index (χ2n) is 8.23. The SMILES string of the molecule is CCCCCOc1ccc(/C=N\NC(=O)CSc2nc3ccccc3c(=O)n2-c2ccc(Cl)cc2)cc1. The summed E-state index contributed by atoms with van der Waals surface area (Å²) in [5.74, 6) is 0.519. The van der Waals surface area contributed by atoms with Gasteiger partial charge in [-0.1, -0.05) is 55.3 Å². The molecule has 9 heteroatoms. The van der Waals surface area contributed by atoms with Gasteiger partial charge in [-0.25, -0.2) is 10.4 Å². The molecule has 3 aromatic carbocycles. The molecule has 0 aliphatic rings. The van der Waals surface area contributed by atoms with Crippen molar-refractivity contribution in [3.05, 3.63) is 93.7 Å². The number of amides is 1. The summed E-state index contributed by atoms with van der Waals surface area (Å²) in [5, 5.41) is 5.50. The Morgan fingerprint density at radius 1 is 1.08 bits per heavy atom. The third kappa shape index (κ3) is 7.21. The maximum Gasteiger partial charge on any atom is 0.266 e. The predicted molar refractivity (Wildman–Crippen MR) is 150 cm³/mol. The number of rotatable bonds is 11. The molecule has 0 radical (unpaired) electrons. The average molecular weight is 535 g/mol. The Kier molecular flexibility index (Phi) is 9.35. The van der Waals surface area contributed by atoms with Crippen LogP contribution in [0, 0.1) is 0 Å². The molecule has 1 amide bonds. The molecule has 0 bridgehead atoms. The van der Waals surface area contributed by atoms with E-state index in [0.717, 1.165) is 42.3 Å². The first-order chi connectivity index (χ1) is 18.0. The number of hydrogen-bond donors (Lipinski definition) is 1. The van der Waals surface area contributed by atoms with Crippen LogP contribution < -0.4 is 15.7 Å². The first-order valence-electron chi connectivity index (χ1n) is 12.0. The summed E-state index contributed by atoms with van der Waals surface area (Å²) in [4.78, 5) is 30.4. The van der Waals surface area contributed by atoms with Crippen molar-refractivity contribution in [3.8, 4) is 11.4 Å². The number of unbranched alkanes of at least 4 members (excludes halogenated alkanes) is 2. The van der Waals surface area contributed by atoms with E-state index in [1.807, 2.05) is 30.3 Å². The minimum atomic E-state index is -0.317. The van der Waals surface area contributed by atoms with Crippen molar-refractivity contribution in [2.24, 2.45) is 5.10 Å². The lowest BCUT2D eigenvalue weighted by Gasteiger charge is -2.13. The quantitative estimate of drug-likeness (QED) is 0.0857. The van der Waals surface area contributed by atoms with Crippen molar-refractivity contribution < 1.29 is 9.53 Å². The fraction of sp³-hybridized carbons (Fsp3) is 0.214. The van der Waals surface area contributed by atoms with Gasteiger partial charge in [0.2, 0.25) is 0 Å². The summed E-state index contributed by atoms with van der Waals surface area (Å²) in [6.45, 7) is 2.86. The molecule has 0 atom stereocenters. The van der Waals surface area contributed by atoms with Crippen LogP contribution in [-0.2, 0) is 4.79 Å². The van der Waals surface area contributed by atoms with Gasteiger partial charge in [-0.15, -0.1) is 0 Å². The van der Waals surface area contributed by atoms with Crippen molar-refractivity contribution >= 4 is 46.4 Å². The van der Waals surface area contributed by atoms with Crippen molar-refractivity contribution in [2.45, 2.75) is 31.3 Å². The highest BCUT2D eigenvalue weighted by molar-refractivity contribution is 7.99. The largest absolute Gasteiger partial charge is 0.494 e. The van der Waals surface area contributed by atoms with Crippen LogP contribution >= 0.6 is 23.4 Å². The van der Waals surface area contributed by atoms with Crippen molar-refractivity contribution in [2.75, 3.05) is 12.4 Å². The Hall–Kier alpha value is -3.62. The number of benzene rings is 3. The number of hydrogen-bond acceptors (Lipinski definition) is 6. The number of aromatic nitrogens is 2. The predicted octanol–water partition coefficient (Wildman–Crippen LogP) is 5.85. The second-order valence-corrected chi connectivity index (χ2v) is 9.61. The molecule has 37 heavy (non-hydrogen) atoms. The summed E-state index contributed by atoms with van der Waals surface area (Å²) in [7, 11) is 0. The monoisotopic (exact) mass is 534 g/mol. The van der Waals surface area contributed by atoms with Crippen LogP contribution in [0.3, 0.4) is 0 Å². The zero-order valence-corrected chi connectivity index (χ0v) is 22.0. The molecule has 0 saturated carbocycles. The van der Waals surface area contributed by atoms with Crippen LogP contribution in [0.4, 0.5) is 0 Å². The number of nitrogens with one attached hydrogen (secondary N) is 1. The molecule has 0 fully saturated rings. The number of nitrogens with zero attached hydrogens (tertiary/aromatic N) is 3. The number of halogens is 1. The van der Waals surface area contributed by atoms with E-state index in [4.69, 9.17) is 16.3 Å². The molecule has 1 aromatic heterocycles. The van der Waals surface area contributed by atoms with Gasteiger partial charge in [0, 0.05) is 5.02 Å². The molecule has 7 nitrogen and oxygen atoms in total. The summed E-state index contributed by atoms with van der Waals surface area (Å²) in [6, 6.07) is 21.6. The van der Waals surface area contributed by atoms with Gasteiger partial charge in [-0.3, -0.25) is 14.2 Å². The van der Waals surface area contributed by atoms with Crippen LogP contribution in [-0.4, -0.2) is 34.0 Å². The van der Waals surface area contributed by atoms with Crippen LogP contribution in [0.25, 0.3) is 16.6 Å². The number of hydrazone groups is 1. The van der Waals surface area contributed by atoms with E-state index in [1.165, 1.54) is 4.57 Å². The Morgan fingerprint density at radius 3 is 2.59 bits per heavy atom. The molecule has 4 rings (SSSR count). The first-order valence-corrected chi connectivity index (χ1v) is 13.4. The van der Waals surface area contributed by atoms with Crippen LogP contribution in [0.1, 0.15) is 31.7 Å². The fourth-order valence-electron chi connectivity index (χ4n) is 3.56. The third-order valence-corrected chi connectivity index (χ3v) is 6.65. The normalized spacial score (nSPS) is 11.2. The van der Waals surface area contributed by atoms with Crippen molar-refractivity contribution in [3.63, 3.8) is 0 Å². The molecule has 1 N–H and O–H groups in total. The van der Waals surface area contributed by atoms with E-state index in [9.17, 15) is 9.59 Å². The van der Waals surface area contributed by atoms with E-state index < -0.39 is 0 Å². The van der Waals surface area contributed by atoms with E-state index in [1.54, 1.807) is 48.7 Å². The molecular weight excluding hydrogens is 508 g/mol. The van der Waals surface area contributed by atoms with E-state index in [-0.39, 0.29) is 17.2 Å². The number of fused-ring (bicyclic) bond motifs is 1. The highest BCUT2D eigenvalue weighted by Crippen LogP contribution is 2.22. The molecule has 0 saturated heterocycles. The summed E-state index contributed by atoms with van der Waals surface area (Å²) in [5.41, 5.74) is 4.33. The Bertz CT molecular complexity index is 1440. The number of carbonyl (C=O) groups is 1. The van der Waals surface area contributed by atoms with E-state index >= 15 is 0 Å². The lowest BCUT2D eigenvalue weighted by molar-refractivity contribution is -0.118. The molecule has 0 aliphatic carbocycles. The van der Waals surface area contributed by atoms with Crippen molar-refractivity contribution in [1.29, 1.82) is 0 Å². The van der Waals surface area contributed by atoms with Gasteiger partial charge in [0.1, 0.15) is 5.75 Å². The van der Waals surface area contributed by atoms with Crippen LogP contribution in [0.15, 0.2) is 87.8 Å². The number of ether oxygens (including phenoxy) is 1. The zero-order valence-electron chi connectivity index (χ0n) is 20.4. The highest BCUT2D eigenvalue weighted by atomic mass is 35.5. The highest BCUT2D eigenvalue weighted by Gasteiger charge is 2.14. The first kappa shape index (κ1) is 26.4. The van der Waals surface area contributed by atoms with Gasteiger partial charge in [-0.2, -0.15) is 5.10 Å². The number of thioether (sulfide) groups is 1. The van der Waals surface area contributed by atoms with Gasteiger partial charge >= 0.3 is 0 Å². The smallest absolute Gasteiger partial charge is 0.266 e. The zero-order chi connectivity index (χ0) is 26.0. The average Bonchev–Trinajstić information content (AvgIpc) is 2.92. The number of carbonyl (C=O) groups excluding carboxylic acids is 1. The van der Waals surface area contributed by atoms with Gasteiger partial charge in [-0.05, 0) is 72.6 Å². The molecule has 190 valence electrons. The second kappa shape index (κ2) is 13.1. The minimum Gasteiger partial charge on any atom is -0.494 e. The molecule has 0 aliphatic heterocycles. The molecule has 0 spiro atoms. The van der Waals surface area contributed by atoms with E-state index in [2.05, 4.69) is 22.4 Å². The van der Waals surface area contributed by atoms with E-state index in [0.29, 0.717) is 33.4 Å². The maximum atomic E-state index is 13.3. The van der Waals surface area contributed by atoms with Gasteiger partial charge in [0.05, 0.1) is 35.2 Å². The number of para-hydroxylation sites is 1. The maximum absolute atomic E-state index is 13.3. The third-order valence-electron chi connectivity index (χ3n) is 5.46. The van der Waals surface area contributed by atoms with Crippen LogP contribution in [0.5, 0.6) is 5.75 Å². The Labute approximate surface area is 224 Å². The van der Waals surface area contributed by atoms with Crippen molar-refractivity contribution in [1.82, 2.24) is 15.0 Å². The van der Waals surface area contributed by atoms with Gasteiger partial charge in [0.25, 0.3) is 11.5 Å². The fourth-order valence-corrected chi connectivity index (χ4v) is 4.49. The lowest BCUT2D eigenvalue weighted by atomic mass is 10.2. The van der Waals surface area contributed by atoms with Crippen LogP contribution in [0.2, 0.25) is 5.02 Å². The summed E-state index contributed by atoms with van der Waals surface area (Å²) < 4.78 is 7.20. The molecule has 4 aromatic rings. The van der Waals surface area contributed by atoms with Gasteiger partial charge in [0.15, 0.2) is 5.16 Å².